The molecule has 0 atom stereocenters. The summed E-state index contributed by atoms with van der Waals surface area (Å²) in [5.41, 5.74) is 1.68. The first-order valence-electron chi connectivity index (χ1n) is 4.85. The SMILES string of the molecule is OCc1ncc(-c2cc(Cl)cc(Cl)c2)cc1O. The first-order valence-corrected chi connectivity index (χ1v) is 5.61. The van der Waals surface area contributed by atoms with Gasteiger partial charge in [0.2, 0.25) is 0 Å². The second-order valence-corrected chi connectivity index (χ2v) is 4.38. The number of hydrogen-bond acceptors (Lipinski definition) is 3. The van der Waals surface area contributed by atoms with Gasteiger partial charge in [-0.2, -0.15) is 0 Å². The fraction of sp³-hybridized carbons (Fsp3) is 0.0833. The van der Waals surface area contributed by atoms with Crippen molar-refractivity contribution in [1.82, 2.24) is 4.98 Å². The van der Waals surface area contributed by atoms with Crippen LogP contribution in [-0.4, -0.2) is 15.2 Å². The van der Waals surface area contributed by atoms with Gasteiger partial charge in [-0.3, -0.25) is 4.98 Å². The maximum Gasteiger partial charge on any atom is 0.140 e. The molecule has 2 N–H and O–H groups in total. The average molecular weight is 270 g/mol. The molecule has 3 nitrogen and oxygen atoms in total. The molecule has 5 heteroatoms. The molecule has 0 amide bonds. The van der Waals surface area contributed by atoms with E-state index in [0.717, 1.165) is 5.56 Å². The van der Waals surface area contributed by atoms with E-state index < -0.39 is 0 Å². The molecule has 0 saturated carbocycles. The summed E-state index contributed by atoms with van der Waals surface area (Å²) in [6.45, 7) is -0.303. The van der Waals surface area contributed by atoms with Crippen molar-refractivity contribution in [2.24, 2.45) is 0 Å². The minimum atomic E-state index is -0.303. The van der Waals surface area contributed by atoms with E-state index in [4.69, 9.17) is 28.3 Å². The Morgan fingerprint density at radius 1 is 1.00 bits per heavy atom. The molecule has 1 aromatic carbocycles. The van der Waals surface area contributed by atoms with Crippen LogP contribution in [0.15, 0.2) is 30.5 Å². The number of aliphatic hydroxyl groups is 1. The molecule has 88 valence electrons. The number of nitrogens with zero attached hydrogens (tertiary/aromatic N) is 1. The van der Waals surface area contributed by atoms with E-state index in [2.05, 4.69) is 4.98 Å². The smallest absolute Gasteiger partial charge is 0.140 e. The van der Waals surface area contributed by atoms with Crippen molar-refractivity contribution in [3.05, 3.63) is 46.2 Å². The molecule has 0 aliphatic carbocycles. The summed E-state index contributed by atoms with van der Waals surface area (Å²) in [5.74, 6) is -0.0545. The Balaban J connectivity index is 2.49. The standard InChI is InChI=1S/C12H9Cl2NO2/c13-9-1-7(2-10(14)4-9)8-3-12(17)11(6-16)15-5-8/h1-5,16-17H,6H2. The molecule has 0 aliphatic rings. The van der Waals surface area contributed by atoms with Crippen molar-refractivity contribution < 1.29 is 10.2 Å². The van der Waals surface area contributed by atoms with Crippen LogP contribution in [0.5, 0.6) is 5.75 Å². The molecular formula is C12H9Cl2NO2. The van der Waals surface area contributed by atoms with E-state index in [1.807, 2.05) is 0 Å². The van der Waals surface area contributed by atoms with E-state index in [1.165, 1.54) is 6.07 Å². The van der Waals surface area contributed by atoms with Crippen molar-refractivity contribution in [2.45, 2.75) is 6.61 Å². The van der Waals surface area contributed by atoms with Gasteiger partial charge in [0.25, 0.3) is 0 Å². The predicted octanol–water partition coefficient (Wildman–Crippen LogP) is 3.25. The van der Waals surface area contributed by atoms with E-state index >= 15 is 0 Å². The van der Waals surface area contributed by atoms with Gasteiger partial charge in [-0.1, -0.05) is 23.2 Å². The largest absolute Gasteiger partial charge is 0.506 e. The molecule has 0 fully saturated rings. The second-order valence-electron chi connectivity index (χ2n) is 3.51. The topological polar surface area (TPSA) is 53.4 Å². The Morgan fingerprint density at radius 3 is 2.18 bits per heavy atom. The average Bonchev–Trinajstić information content (AvgIpc) is 2.27. The molecule has 0 saturated heterocycles. The van der Waals surface area contributed by atoms with E-state index in [9.17, 15) is 5.11 Å². The van der Waals surface area contributed by atoms with Crippen LogP contribution in [0.2, 0.25) is 10.0 Å². The Morgan fingerprint density at radius 2 is 1.65 bits per heavy atom. The summed E-state index contributed by atoms with van der Waals surface area (Å²) in [6, 6.07) is 6.59. The summed E-state index contributed by atoms with van der Waals surface area (Å²) in [5, 5.41) is 19.5. The lowest BCUT2D eigenvalue weighted by atomic mass is 10.1. The maximum absolute atomic E-state index is 9.60. The quantitative estimate of drug-likeness (QED) is 0.880. The summed E-state index contributed by atoms with van der Waals surface area (Å²) in [4.78, 5) is 3.95. The van der Waals surface area contributed by atoms with E-state index in [-0.39, 0.29) is 18.1 Å². The molecule has 0 aliphatic heterocycles. The van der Waals surface area contributed by atoms with Gasteiger partial charge in [-0.15, -0.1) is 0 Å². The van der Waals surface area contributed by atoms with E-state index in [0.29, 0.717) is 15.6 Å². The minimum absolute atomic E-state index is 0.0545. The molecule has 0 bridgehead atoms. The van der Waals surface area contributed by atoms with Gasteiger partial charge >= 0.3 is 0 Å². The van der Waals surface area contributed by atoms with Gasteiger partial charge in [0.15, 0.2) is 0 Å². The molecule has 2 aromatic rings. The lowest BCUT2D eigenvalue weighted by Crippen LogP contribution is -1.90. The van der Waals surface area contributed by atoms with Crippen molar-refractivity contribution in [2.75, 3.05) is 0 Å². The number of aliphatic hydroxyl groups excluding tert-OH is 1. The first kappa shape index (κ1) is 12.2. The second kappa shape index (κ2) is 4.92. The van der Waals surface area contributed by atoms with Crippen LogP contribution < -0.4 is 0 Å². The highest BCUT2D eigenvalue weighted by atomic mass is 35.5. The molecule has 17 heavy (non-hydrogen) atoms. The molecule has 0 radical (unpaired) electrons. The van der Waals surface area contributed by atoms with Crippen LogP contribution in [0, 0.1) is 0 Å². The Bertz CT molecular complexity index is 538. The molecule has 0 spiro atoms. The number of hydrogen-bond donors (Lipinski definition) is 2. The number of pyridine rings is 1. The molecule has 2 rings (SSSR count). The predicted molar refractivity (Wildman–Crippen MR) is 67.3 cm³/mol. The zero-order chi connectivity index (χ0) is 12.4. The minimum Gasteiger partial charge on any atom is -0.506 e. The fourth-order valence-corrected chi connectivity index (χ4v) is 2.01. The lowest BCUT2D eigenvalue weighted by Gasteiger charge is -2.06. The molecule has 1 aromatic heterocycles. The normalized spacial score (nSPS) is 10.5. The van der Waals surface area contributed by atoms with Gasteiger partial charge in [-0.05, 0) is 29.8 Å². The molecular weight excluding hydrogens is 261 g/mol. The Kier molecular flexibility index (Phi) is 3.52. The van der Waals surface area contributed by atoms with Gasteiger partial charge in [0.1, 0.15) is 11.4 Å². The van der Waals surface area contributed by atoms with Crippen molar-refractivity contribution in [1.29, 1.82) is 0 Å². The van der Waals surface area contributed by atoms with Crippen molar-refractivity contribution in [3.8, 4) is 16.9 Å². The zero-order valence-electron chi connectivity index (χ0n) is 8.69. The van der Waals surface area contributed by atoms with Gasteiger partial charge in [-0.25, -0.2) is 0 Å². The van der Waals surface area contributed by atoms with Gasteiger partial charge in [0, 0.05) is 21.8 Å². The third-order valence-corrected chi connectivity index (χ3v) is 2.73. The molecule has 1 heterocycles. The van der Waals surface area contributed by atoms with Gasteiger partial charge in [0.05, 0.1) is 6.61 Å². The first-order chi connectivity index (χ1) is 8.10. The number of aromatic hydroxyl groups is 1. The fourth-order valence-electron chi connectivity index (χ4n) is 1.48. The Labute approximate surface area is 108 Å². The van der Waals surface area contributed by atoms with Crippen molar-refractivity contribution in [3.63, 3.8) is 0 Å². The van der Waals surface area contributed by atoms with Crippen LogP contribution in [0.25, 0.3) is 11.1 Å². The van der Waals surface area contributed by atoms with Crippen LogP contribution in [-0.2, 0) is 6.61 Å². The van der Waals surface area contributed by atoms with Gasteiger partial charge < -0.3 is 10.2 Å². The highest BCUT2D eigenvalue weighted by Gasteiger charge is 2.06. The molecule has 0 unspecified atom stereocenters. The lowest BCUT2D eigenvalue weighted by molar-refractivity contribution is 0.270. The third kappa shape index (κ3) is 2.69. The van der Waals surface area contributed by atoms with Crippen LogP contribution in [0.1, 0.15) is 5.69 Å². The van der Waals surface area contributed by atoms with Crippen molar-refractivity contribution >= 4 is 23.2 Å². The number of rotatable bonds is 2. The zero-order valence-corrected chi connectivity index (χ0v) is 10.2. The highest BCUT2D eigenvalue weighted by Crippen LogP contribution is 2.29. The highest BCUT2D eigenvalue weighted by molar-refractivity contribution is 6.35. The van der Waals surface area contributed by atoms with Crippen LogP contribution in [0.3, 0.4) is 0 Å². The number of benzene rings is 1. The maximum atomic E-state index is 9.60. The van der Waals surface area contributed by atoms with Crippen LogP contribution >= 0.6 is 23.2 Å². The summed E-state index contributed by atoms with van der Waals surface area (Å²) in [7, 11) is 0. The summed E-state index contributed by atoms with van der Waals surface area (Å²) < 4.78 is 0. The Hall–Kier alpha value is -1.29. The monoisotopic (exact) mass is 269 g/mol. The van der Waals surface area contributed by atoms with E-state index in [1.54, 1.807) is 24.4 Å². The van der Waals surface area contributed by atoms with Crippen LogP contribution in [0.4, 0.5) is 0 Å². The number of halogens is 2. The number of aromatic nitrogens is 1. The summed E-state index contributed by atoms with van der Waals surface area (Å²) >= 11 is 11.8. The third-order valence-electron chi connectivity index (χ3n) is 2.29. The summed E-state index contributed by atoms with van der Waals surface area (Å²) in [6.07, 6.45) is 1.55.